The van der Waals surface area contributed by atoms with E-state index in [-0.39, 0.29) is 12.1 Å². The van der Waals surface area contributed by atoms with E-state index in [9.17, 15) is 4.79 Å². The predicted octanol–water partition coefficient (Wildman–Crippen LogP) is 4.75. The number of carbonyl (C=O) groups excluding carboxylic acids is 1. The predicted molar refractivity (Wildman–Crippen MR) is 109 cm³/mol. The molecule has 0 bridgehead atoms. The van der Waals surface area contributed by atoms with E-state index < -0.39 is 13.9 Å². The average Bonchev–Trinajstić information content (AvgIpc) is 2.90. The van der Waals surface area contributed by atoms with Crippen molar-refractivity contribution >= 4 is 30.6 Å². The van der Waals surface area contributed by atoms with Crippen molar-refractivity contribution in [2.45, 2.75) is 84.4 Å². The number of carbonyl (C=O) groups is 1. The van der Waals surface area contributed by atoms with Gasteiger partial charge in [0.05, 0.1) is 24.9 Å². The molecule has 0 fully saturated rings. The molecule has 1 aliphatic rings. The zero-order valence-corrected chi connectivity index (χ0v) is 18.8. The van der Waals surface area contributed by atoms with Crippen LogP contribution in [-0.2, 0) is 26.9 Å². The van der Waals surface area contributed by atoms with Gasteiger partial charge in [-0.15, -0.1) is 11.3 Å². The minimum atomic E-state index is -1.65. The van der Waals surface area contributed by atoms with Gasteiger partial charge in [0.15, 0.2) is 8.32 Å². The highest BCUT2D eigenvalue weighted by atomic mass is 32.1. The molecule has 1 aromatic rings. The summed E-state index contributed by atoms with van der Waals surface area (Å²) in [6.07, 6.45) is 0.619. The Balaban J connectivity index is 2.13. The standard InChI is InChI=1S/C19H33NO4SSi/c1-7-26(8-2,9-3)23-11-13-10-14-15(12-22-13)25-17(20)16(14)18(21)24-19(4,5)6/h13H,7-12,20H2,1-6H3. The summed E-state index contributed by atoms with van der Waals surface area (Å²) in [7, 11) is -1.65. The molecule has 1 aromatic heterocycles. The van der Waals surface area contributed by atoms with Crippen LogP contribution in [0, 0.1) is 0 Å². The fourth-order valence-electron chi connectivity index (χ4n) is 3.33. The first-order valence-corrected chi connectivity index (χ1v) is 12.9. The summed E-state index contributed by atoms with van der Waals surface area (Å²) in [6.45, 7) is 13.3. The highest BCUT2D eigenvalue weighted by Crippen LogP contribution is 2.37. The Morgan fingerprint density at radius 2 is 1.88 bits per heavy atom. The quantitative estimate of drug-likeness (QED) is 0.529. The molecule has 7 heteroatoms. The smallest absolute Gasteiger partial charge is 0.341 e. The zero-order valence-electron chi connectivity index (χ0n) is 16.9. The molecule has 0 aromatic carbocycles. The van der Waals surface area contributed by atoms with Crippen molar-refractivity contribution in [2.24, 2.45) is 0 Å². The summed E-state index contributed by atoms with van der Waals surface area (Å²) in [4.78, 5) is 13.6. The highest BCUT2D eigenvalue weighted by molar-refractivity contribution is 7.16. The summed E-state index contributed by atoms with van der Waals surface area (Å²) in [5.74, 6) is -0.339. The lowest BCUT2D eigenvalue weighted by Gasteiger charge is -2.32. The molecule has 2 N–H and O–H groups in total. The number of nitrogens with two attached hydrogens (primary N) is 1. The van der Waals surface area contributed by atoms with Gasteiger partial charge in [-0.05, 0) is 44.5 Å². The molecule has 0 saturated carbocycles. The normalized spacial score (nSPS) is 17.8. The van der Waals surface area contributed by atoms with Gasteiger partial charge in [0, 0.05) is 11.3 Å². The van der Waals surface area contributed by atoms with Crippen molar-refractivity contribution < 1.29 is 18.7 Å². The van der Waals surface area contributed by atoms with Crippen LogP contribution in [0.5, 0.6) is 0 Å². The van der Waals surface area contributed by atoms with Gasteiger partial charge < -0.3 is 19.6 Å². The number of hydrogen-bond acceptors (Lipinski definition) is 6. The van der Waals surface area contributed by atoms with Gasteiger partial charge >= 0.3 is 5.97 Å². The molecule has 148 valence electrons. The number of anilines is 1. The lowest BCUT2D eigenvalue weighted by molar-refractivity contribution is -0.00345. The molecule has 26 heavy (non-hydrogen) atoms. The van der Waals surface area contributed by atoms with Crippen molar-refractivity contribution in [3.05, 3.63) is 16.0 Å². The van der Waals surface area contributed by atoms with Crippen LogP contribution in [-0.4, -0.2) is 32.6 Å². The van der Waals surface area contributed by atoms with Crippen molar-refractivity contribution in [3.8, 4) is 0 Å². The third-order valence-corrected chi connectivity index (χ3v) is 10.8. The van der Waals surface area contributed by atoms with Crippen LogP contribution in [0.3, 0.4) is 0 Å². The highest BCUT2D eigenvalue weighted by Gasteiger charge is 2.34. The first-order valence-electron chi connectivity index (χ1n) is 9.53. The van der Waals surface area contributed by atoms with Gasteiger partial charge in [-0.2, -0.15) is 0 Å². The summed E-state index contributed by atoms with van der Waals surface area (Å²) in [5, 5.41) is 0.522. The zero-order chi connectivity index (χ0) is 19.5. The summed E-state index contributed by atoms with van der Waals surface area (Å²) < 4.78 is 17.9. The largest absolute Gasteiger partial charge is 0.456 e. The van der Waals surface area contributed by atoms with Crippen molar-refractivity contribution in [1.29, 1.82) is 0 Å². The Hall–Kier alpha value is -0.893. The Kier molecular flexibility index (Phi) is 6.93. The maximum Gasteiger partial charge on any atom is 0.341 e. The fraction of sp³-hybridized carbons (Fsp3) is 0.737. The van der Waals surface area contributed by atoms with Gasteiger partial charge in [0.2, 0.25) is 0 Å². The van der Waals surface area contributed by atoms with Crippen molar-refractivity contribution in [1.82, 2.24) is 0 Å². The van der Waals surface area contributed by atoms with Crippen LogP contribution in [0.2, 0.25) is 18.1 Å². The number of fused-ring (bicyclic) bond motifs is 1. The monoisotopic (exact) mass is 399 g/mol. The molecular formula is C19H33NO4SSi. The Labute approximate surface area is 162 Å². The lowest BCUT2D eigenvalue weighted by atomic mass is 10.0. The summed E-state index contributed by atoms with van der Waals surface area (Å²) in [5.41, 5.74) is 7.10. The third-order valence-electron chi connectivity index (χ3n) is 5.11. The number of ether oxygens (including phenoxy) is 2. The summed E-state index contributed by atoms with van der Waals surface area (Å²) >= 11 is 1.43. The van der Waals surface area contributed by atoms with Crippen LogP contribution in [0.4, 0.5) is 5.00 Å². The van der Waals surface area contributed by atoms with Crippen LogP contribution >= 0.6 is 11.3 Å². The van der Waals surface area contributed by atoms with E-state index >= 15 is 0 Å². The van der Waals surface area contributed by atoms with Gasteiger partial charge in [0.25, 0.3) is 0 Å². The first kappa shape index (κ1) is 21.4. The topological polar surface area (TPSA) is 70.8 Å². The number of hydrogen-bond donors (Lipinski definition) is 1. The number of esters is 1. The van der Waals surface area contributed by atoms with E-state index in [0.717, 1.165) is 28.6 Å². The van der Waals surface area contributed by atoms with E-state index in [4.69, 9.17) is 19.6 Å². The second-order valence-corrected chi connectivity index (χ2v) is 13.8. The molecule has 5 nitrogen and oxygen atoms in total. The molecule has 0 saturated heterocycles. The van der Waals surface area contributed by atoms with Crippen LogP contribution in [0.1, 0.15) is 62.3 Å². The van der Waals surface area contributed by atoms with Crippen molar-refractivity contribution in [2.75, 3.05) is 12.3 Å². The second kappa shape index (κ2) is 8.42. The van der Waals surface area contributed by atoms with E-state index in [1.54, 1.807) is 0 Å². The Bertz CT molecular complexity index is 626. The first-order chi connectivity index (χ1) is 12.1. The van der Waals surface area contributed by atoms with Gasteiger partial charge in [-0.1, -0.05) is 20.8 Å². The number of thiophene rings is 1. The minimum Gasteiger partial charge on any atom is -0.456 e. The van der Waals surface area contributed by atoms with Gasteiger partial charge in [-0.3, -0.25) is 0 Å². The molecule has 1 unspecified atom stereocenters. The molecule has 2 rings (SSSR count). The maximum atomic E-state index is 12.6. The number of nitrogen functional groups attached to an aromatic ring is 1. The fourth-order valence-corrected chi connectivity index (χ4v) is 6.99. The number of rotatable bonds is 7. The Morgan fingerprint density at radius 1 is 1.27 bits per heavy atom. The molecule has 2 heterocycles. The van der Waals surface area contributed by atoms with Crippen LogP contribution in [0.25, 0.3) is 0 Å². The SMILES string of the molecule is CC[Si](CC)(CC)OCC1Cc2c(sc(N)c2C(=O)OC(C)(C)C)CO1. The van der Waals surface area contributed by atoms with Crippen LogP contribution < -0.4 is 5.73 Å². The van der Waals surface area contributed by atoms with E-state index in [2.05, 4.69) is 20.8 Å². The lowest BCUT2D eigenvalue weighted by Crippen LogP contribution is -2.40. The minimum absolute atomic E-state index is 0.0331. The van der Waals surface area contributed by atoms with Crippen molar-refractivity contribution in [3.63, 3.8) is 0 Å². The molecule has 1 atom stereocenters. The second-order valence-electron chi connectivity index (χ2n) is 7.94. The van der Waals surface area contributed by atoms with Gasteiger partial charge in [0.1, 0.15) is 10.6 Å². The van der Waals surface area contributed by atoms with E-state index in [1.807, 2.05) is 20.8 Å². The molecular weight excluding hydrogens is 366 g/mol. The Morgan fingerprint density at radius 3 is 2.42 bits per heavy atom. The molecule has 0 aliphatic carbocycles. The third kappa shape index (κ3) is 4.88. The van der Waals surface area contributed by atoms with Crippen LogP contribution in [0.15, 0.2) is 0 Å². The summed E-state index contributed by atoms with van der Waals surface area (Å²) in [6, 6.07) is 3.35. The molecule has 0 spiro atoms. The molecule has 0 amide bonds. The van der Waals surface area contributed by atoms with E-state index in [0.29, 0.717) is 30.2 Å². The average molecular weight is 400 g/mol. The van der Waals surface area contributed by atoms with Gasteiger partial charge in [-0.25, -0.2) is 4.79 Å². The molecule has 0 radical (unpaired) electrons. The van der Waals surface area contributed by atoms with E-state index in [1.165, 1.54) is 11.3 Å². The maximum absolute atomic E-state index is 12.6. The molecule has 1 aliphatic heterocycles.